The van der Waals surface area contributed by atoms with Crippen molar-refractivity contribution in [3.05, 3.63) is 64.6 Å². The second-order valence-electron chi connectivity index (χ2n) is 5.59. The van der Waals surface area contributed by atoms with Crippen LogP contribution in [0.1, 0.15) is 12.0 Å². The summed E-state index contributed by atoms with van der Waals surface area (Å²) in [5.74, 6) is -0.371. The molecule has 1 unspecified atom stereocenters. The van der Waals surface area contributed by atoms with Crippen LogP contribution >= 0.6 is 15.9 Å². The van der Waals surface area contributed by atoms with Crippen molar-refractivity contribution in [2.24, 2.45) is 5.92 Å². The Balaban J connectivity index is 1.60. The summed E-state index contributed by atoms with van der Waals surface area (Å²) in [5.41, 5.74) is 1.88. The number of nitrogens with zero attached hydrogens (tertiary/aromatic N) is 1. The van der Waals surface area contributed by atoms with E-state index >= 15 is 0 Å². The number of anilines is 1. The second kappa shape index (κ2) is 6.96. The lowest BCUT2D eigenvalue weighted by molar-refractivity contribution is -0.126. The third-order valence-corrected chi connectivity index (χ3v) is 4.47. The third-order valence-electron chi connectivity index (χ3n) is 3.94. The van der Waals surface area contributed by atoms with Crippen molar-refractivity contribution in [3.63, 3.8) is 0 Å². The summed E-state index contributed by atoms with van der Waals surface area (Å²) in [4.78, 5) is 26.2. The Morgan fingerprint density at radius 3 is 2.52 bits per heavy atom. The van der Waals surface area contributed by atoms with Crippen LogP contribution in [0, 0.1) is 5.92 Å². The lowest BCUT2D eigenvalue weighted by atomic mass is 10.1. The molecule has 2 aromatic carbocycles. The number of benzene rings is 2. The fourth-order valence-corrected chi connectivity index (χ4v) is 2.95. The van der Waals surface area contributed by atoms with Crippen LogP contribution < -0.4 is 10.2 Å². The molecule has 0 bridgehead atoms. The number of nitrogens with one attached hydrogen (secondary N) is 1. The highest BCUT2D eigenvalue weighted by molar-refractivity contribution is 9.10. The van der Waals surface area contributed by atoms with E-state index in [0.717, 1.165) is 15.7 Å². The first-order chi connectivity index (χ1) is 11.1. The van der Waals surface area contributed by atoms with Gasteiger partial charge in [-0.05, 0) is 29.8 Å². The molecule has 1 aliphatic heterocycles. The molecule has 0 aliphatic carbocycles. The zero-order valence-corrected chi connectivity index (χ0v) is 14.1. The van der Waals surface area contributed by atoms with Crippen LogP contribution in [0.3, 0.4) is 0 Å². The van der Waals surface area contributed by atoms with Gasteiger partial charge >= 0.3 is 0 Å². The van der Waals surface area contributed by atoms with E-state index in [1.807, 2.05) is 54.6 Å². The summed E-state index contributed by atoms with van der Waals surface area (Å²) in [6.07, 6.45) is 0.261. The van der Waals surface area contributed by atoms with Crippen LogP contribution in [0.4, 0.5) is 5.69 Å². The molecule has 4 nitrogen and oxygen atoms in total. The highest BCUT2D eigenvalue weighted by atomic mass is 79.9. The average Bonchev–Trinajstić information content (AvgIpc) is 2.96. The Hall–Kier alpha value is -2.14. The Morgan fingerprint density at radius 1 is 1.13 bits per heavy atom. The van der Waals surface area contributed by atoms with Gasteiger partial charge in [0.05, 0.1) is 5.92 Å². The topological polar surface area (TPSA) is 49.4 Å². The van der Waals surface area contributed by atoms with Gasteiger partial charge in [-0.3, -0.25) is 9.59 Å². The maximum Gasteiger partial charge on any atom is 0.227 e. The van der Waals surface area contributed by atoms with Crippen molar-refractivity contribution in [2.45, 2.75) is 13.0 Å². The molecule has 0 saturated carbocycles. The Labute approximate surface area is 143 Å². The molecule has 1 saturated heterocycles. The van der Waals surface area contributed by atoms with Gasteiger partial charge in [0.2, 0.25) is 11.8 Å². The molecular weight excluding hydrogens is 356 g/mol. The molecule has 1 heterocycles. The lowest BCUT2D eigenvalue weighted by Gasteiger charge is -2.16. The zero-order valence-electron chi connectivity index (χ0n) is 12.5. The highest BCUT2D eigenvalue weighted by Gasteiger charge is 2.34. The van der Waals surface area contributed by atoms with Gasteiger partial charge in [-0.15, -0.1) is 0 Å². The SMILES string of the molecule is O=C(NCc1ccccc1)C1CC(=O)N(c2ccc(Br)cc2)C1. The molecule has 1 fully saturated rings. The fourth-order valence-electron chi connectivity index (χ4n) is 2.68. The predicted molar refractivity (Wildman–Crippen MR) is 92.9 cm³/mol. The molecule has 5 heteroatoms. The van der Waals surface area contributed by atoms with Crippen LogP contribution in [0.2, 0.25) is 0 Å². The fraction of sp³-hybridized carbons (Fsp3) is 0.222. The van der Waals surface area contributed by atoms with Crippen LogP contribution in [0.25, 0.3) is 0 Å². The average molecular weight is 373 g/mol. The first-order valence-electron chi connectivity index (χ1n) is 7.51. The van der Waals surface area contributed by atoms with E-state index in [1.54, 1.807) is 4.90 Å². The third kappa shape index (κ3) is 3.79. The molecule has 0 aromatic heterocycles. The van der Waals surface area contributed by atoms with Gasteiger partial charge in [0.25, 0.3) is 0 Å². The molecule has 1 atom stereocenters. The van der Waals surface area contributed by atoms with E-state index in [9.17, 15) is 9.59 Å². The van der Waals surface area contributed by atoms with E-state index in [1.165, 1.54) is 0 Å². The van der Waals surface area contributed by atoms with E-state index in [0.29, 0.717) is 13.1 Å². The number of rotatable bonds is 4. The van der Waals surface area contributed by atoms with Crippen LogP contribution in [-0.2, 0) is 16.1 Å². The predicted octanol–water partition coefficient (Wildman–Crippen LogP) is 3.12. The number of amides is 2. The minimum atomic E-state index is -0.296. The summed E-state index contributed by atoms with van der Waals surface area (Å²) >= 11 is 3.38. The lowest BCUT2D eigenvalue weighted by Crippen LogP contribution is -2.32. The number of hydrogen-bond donors (Lipinski definition) is 1. The zero-order chi connectivity index (χ0) is 16.2. The molecule has 0 spiro atoms. The minimum Gasteiger partial charge on any atom is -0.352 e. The molecule has 2 amide bonds. The van der Waals surface area contributed by atoms with Gasteiger partial charge in [0.1, 0.15) is 0 Å². The quantitative estimate of drug-likeness (QED) is 0.896. The maximum absolute atomic E-state index is 12.3. The molecule has 118 valence electrons. The molecule has 1 N–H and O–H groups in total. The Morgan fingerprint density at radius 2 is 1.83 bits per heavy atom. The monoisotopic (exact) mass is 372 g/mol. The largest absolute Gasteiger partial charge is 0.352 e. The van der Waals surface area contributed by atoms with E-state index in [-0.39, 0.29) is 24.2 Å². The number of carbonyl (C=O) groups is 2. The van der Waals surface area contributed by atoms with Crippen molar-refractivity contribution >= 4 is 33.4 Å². The van der Waals surface area contributed by atoms with Crippen molar-refractivity contribution in [1.82, 2.24) is 5.32 Å². The van der Waals surface area contributed by atoms with Gasteiger partial charge in [-0.25, -0.2) is 0 Å². The smallest absolute Gasteiger partial charge is 0.227 e. The van der Waals surface area contributed by atoms with E-state index in [4.69, 9.17) is 0 Å². The standard InChI is InChI=1S/C18H17BrN2O2/c19-15-6-8-16(9-7-15)21-12-14(10-17(21)22)18(23)20-11-13-4-2-1-3-5-13/h1-9,14H,10-12H2,(H,20,23). The molecular formula is C18H17BrN2O2. The van der Waals surface area contributed by atoms with Gasteiger partial charge in [-0.2, -0.15) is 0 Å². The summed E-state index contributed by atoms with van der Waals surface area (Å²) in [6.45, 7) is 0.920. The van der Waals surface area contributed by atoms with E-state index in [2.05, 4.69) is 21.2 Å². The minimum absolute atomic E-state index is 0.00724. The molecule has 1 aliphatic rings. The molecule has 23 heavy (non-hydrogen) atoms. The van der Waals surface area contributed by atoms with Gasteiger partial charge in [0.15, 0.2) is 0 Å². The van der Waals surface area contributed by atoms with Gasteiger partial charge < -0.3 is 10.2 Å². The van der Waals surface area contributed by atoms with Gasteiger partial charge in [0, 0.05) is 29.7 Å². The summed E-state index contributed by atoms with van der Waals surface area (Å²) < 4.78 is 0.963. The van der Waals surface area contributed by atoms with Crippen LogP contribution in [-0.4, -0.2) is 18.4 Å². The normalized spacial score (nSPS) is 17.3. The Kier molecular flexibility index (Phi) is 4.76. The molecule has 3 rings (SSSR count). The van der Waals surface area contributed by atoms with Crippen LogP contribution in [0.15, 0.2) is 59.1 Å². The second-order valence-corrected chi connectivity index (χ2v) is 6.50. The first kappa shape index (κ1) is 15.7. The summed E-state index contributed by atoms with van der Waals surface area (Å²) in [6, 6.07) is 17.3. The van der Waals surface area contributed by atoms with E-state index < -0.39 is 0 Å². The first-order valence-corrected chi connectivity index (χ1v) is 8.30. The summed E-state index contributed by atoms with van der Waals surface area (Å²) in [5, 5.41) is 2.92. The van der Waals surface area contributed by atoms with Crippen molar-refractivity contribution in [2.75, 3.05) is 11.4 Å². The Bertz CT molecular complexity index is 701. The van der Waals surface area contributed by atoms with Crippen molar-refractivity contribution in [1.29, 1.82) is 0 Å². The molecule has 0 radical (unpaired) electrons. The molecule has 2 aromatic rings. The highest BCUT2D eigenvalue weighted by Crippen LogP contribution is 2.26. The number of carbonyl (C=O) groups excluding carboxylic acids is 2. The van der Waals surface area contributed by atoms with Crippen molar-refractivity contribution < 1.29 is 9.59 Å². The summed E-state index contributed by atoms with van der Waals surface area (Å²) in [7, 11) is 0. The maximum atomic E-state index is 12.3. The van der Waals surface area contributed by atoms with Crippen LogP contribution in [0.5, 0.6) is 0 Å². The number of halogens is 1. The number of hydrogen-bond acceptors (Lipinski definition) is 2. The van der Waals surface area contributed by atoms with Crippen molar-refractivity contribution in [3.8, 4) is 0 Å². The van der Waals surface area contributed by atoms with Gasteiger partial charge in [-0.1, -0.05) is 46.3 Å².